The Morgan fingerprint density at radius 1 is 1.53 bits per heavy atom. The Bertz CT molecular complexity index is 597. The smallest absolute Gasteiger partial charge is 0.272 e. The summed E-state index contributed by atoms with van der Waals surface area (Å²) in [4.78, 5) is 14.0. The van der Waals surface area contributed by atoms with Crippen LogP contribution in [0.1, 0.15) is 12.7 Å². The van der Waals surface area contributed by atoms with Gasteiger partial charge in [-0.05, 0) is 13.0 Å². The van der Waals surface area contributed by atoms with Crippen molar-refractivity contribution in [2.75, 3.05) is 5.32 Å². The third kappa shape index (κ3) is 2.87. The van der Waals surface area contributed by atoms with Crippen molar-refractivity contribution in [3.8, 4) is 0 Å². The van der Waals surface area contributed by atoms with Crippen molar-refractivity contribution in [3.63, 3.8) is 0 Å². The van der Waals surface area contributed by atoms with Gasteiger partial charge in [0.15, 0.2) is 5.82 Å². The zero-order valence-corrected chi connectivity index (χ0v) is 10.3. The van der Waals surface area contributed by atoms with Crippen LogP contribution in [0.15, 0.2) is 30.6 Å². The van der Waals surface area contributed by atoms with E-state index in [4.69, 9.17) is 0 Å². The number of aromatic nitrogens is 2. The van der Waals surface area contributed by atoms with Crippen LogP contribution in [0.3, 0.4) is 0 Å². The van der Waals surface area contributed by atoms with Gasteiger partial charge in [-0.25, -0.2) is 9.37 Å². The van der Waals surface area contributed by atoms with Gasteiger partial charge >= 0.3 is 0 Å². The van der Waals surface area contributed by atoms with Crippen LogP contribution in [-0.2, 0) is 13.1 Å². The molecule has 0 aliphatic rings. The van der Waals surface area contributed by atoms with Crippen LogP contribution in [0, 0.1) is 15.9 Å². The van der Waals surface area contributed by atoms with E-state index in [0.29, 0.717) is 6.54 Å². The van der Waals surface area contributed by atoms with Crippen molar-refractivity contribution < 1.29 is 9.31 Å². The minimum absolute atomic E-state index is 0.219. The molecule has 2 rings (SSSR count). The summed E-state index contributed by atoms with van der Waals surface area (Å²) in [6, 6.07) is 3.51. The highest BCUT2D eigenvalue weighted by Crippen LogP contribution is 2.20. The van der Waals surface area contributed by atoms with Crippen LogP contribution >= 0.6 is 0 Å². The summed E-state index contributed by atoms with van der Waals surface area (Å²) in [6.45, 7) is 3.12. The summed E-state index contributed by atoms with van der Waals surface area (Å²) in [5.41, 5.74) is -0.0469. The molecule has 0 spiro atoms. The second kappa shape index (κ2) is 5.47. The molecule has 1 aromatic heterocycles. The highest BCUT2D eigenvalue weighted by molar-refractivity contribution is 5.50. The number of halogens is 1. The maximum atomic E-state index is 13.6. The van der Waals surface area contributed by atoms with Gasteiger partial charge in [0, 0.05) is 25.0 Å². The van der Waals surface area contributed by atoms with E-state index >= 15 is 0 Å². The van der Waals surface area contributed by atoms with E-state index in [2.05, 4.69) is 10.3 Å². The van der Waals surface area contributed by atoms with Gasteiger partial charge in [0.05, 0.1) is 23.2 Å². The standard InChI is InChI=1S/C12H13FN4O2/c1-2-16-6-5-14-12(16)8-15-11-4-3-9(17(18)19)7-10(11)13/h3-7,15H,2,8H2,1H3. The molecular weight excluding hydrogens is 251 g/mol. The second-order valence-corrected chi connectivity index (χ2v) is 3.90. The molecule has 100 valence electrons. The van der Waals surface area contributed by atoms with Gasteiger partial charge in [-0.15, -0.1) is 0 Å². The Morgan fingerprint density at radius 3 is 2.95 bits per heavy atom. The predicted molar refractivity (Wildman–Crippen MR) is 68.3 cm³/mol. The molecule has 0 unspecified atom stereocenters. The number of hydrogen-bond donors (Lipinski definition) is 1. The fourth-order valence-electron chi connectivity index (χ4n) is 1.73. The minimum atomic E-state index is -0.649. The van der Waals surface area contributed by atoms with E-state index in [0.717, 1.165) is 18.4 Å². The molecular formula is C12H13FN4O2. The van der Waals surface area contributed by atoms with Crippen LogP contribution in [0.5, 0.6) is 0 Å². The summed E-state index contributed by atoms with van der Waals surface area (Å²) >= 11 is 0. The van der Waals surface area contributed by atoms with Crippen molar-refractivity contribution in [2.45, 2.75) is 20.0 Å². The van der Waals surface area contributed by atoms with Gasteiger partial charge in [-0.1, -0.05) is 0 Å². The molecule has 6 nitrogen and oxygen atoms in total. The van der Waals surface area contributed by atoms with Crippen molar-refractivity contribution in [2.24, 2.45) is 0 Å². The number of nitrogens with zero attached hydrogens (tertiary/aromatic N) is 3. The van der Waals surface area contributed by atoms with Crippen molar-refractivity contribution in [1.29, 1.82) is 0 Å². The van der Waals surface area contributed by atoms with E-state index < -0.39 is 10.7 Å². The molecule has 1 N–H and O–H groups in total. The largest absolute Gasteiger partial charge is 0.375 e. The zero-order valence-electron chi connectivity index (χ0n) is 10.3. The minimum Gasteiger partial charge on any atom is -0.375 e. The number of anilines is 1. The first-order valence-electron chi connectivity index (χ1n) is 5.79. The first kappa shape index (κ1) is 13.0. The van der Waals surface area contributed by atoms with Crippen molar-refractivity contribution >= 4 is 11.4 Å². The highest BCUT2D eigenvalue weighted by atomic mass is 19.1. The summed E-state index contributed by atoms with van der Waals surface area (Å²) in [6.07, 6.45) is 3.51. The molecule has 0 amide bonds. The molecule has 1 aromatic carbocycles. The topological polar surface area (TPSA) is 73.0 Å². The van der Waals surface area contributed by atoms with Crippen LogP contribution in [0.25, 0.3) is 0 Å². The lowest BCUT2D eigenvalue weighted by atomic mass is 10.2. The first-order valence-corrected chi connectivity index (χ1v) is 5.79. The lowest BCUT2D eigenvalue weighted by Crippen LogP contribution is -2.08. The number of benzene rings is 1. The summed E-state index contributed by atoms with van der Waals surface area (Å²) in [5, 5.41) is 13.4. The lowest BCUT2D eigenvalue weighted by Gasteiger charge is -2.08. The average Bonchev–Trinajstić information content (AvgIpc) is 2.84. The number of non-ortho nitro benzene ring substituents is 1. The van der Waals surface area contributed by atoms with Crippen LogP contribution in [0.2, 0.25) is 0 Å². The molecule has 0 bridgehead atoms. The molecule has 2 aromatic rings. The number of aryl methyl sites for hydroxylation is 1. The Labute approximate surface area is 109 Å². The molecule has 0 radical (unpaired) electrons. The van der Waals surface area contributed by atoms with Gasteiger partial charge in [0.1, 0.15) is 5.82 Å². The molecule has 19 heavy (non-hydrogen) atoms. The SMILES string of the molecule is CCn1ccnc1CNc1ccc([N+](=O)[O-])cc1F. The Balaban J connectivity index is 2.10. The fourth-order valence-corrected chi connectivity index (χ4v) is 1.73. The monoisotopic (exact) mass is 264 g/mol. The van der Waals surface area contributed by atoms with Gasteiger partial charge < -0.3 is 9.88 Å². The molecule has 7 heteroatoms. The first-order chi connectivity index (χ1) is 9.11. The highest BCUT2D eigenvalue weighted by Gasteiger charge is 2.11. The number of nitro groups is 1. The molecule has 0 aliphatic carbocycles. The predicted octanol–water partition coefficient (Wildman–Crippen LogP) is 2.56. The third-order valence-electron chi connectivity index (χ3n) is 2.74. The molecule has 0 saturated carbocycles. The van der Waals surface area contributed by atoms with E-state index in [-0.39, 0.29) is 11.4 Å². The van der Waals surface area contributed by atoms with Gasteiger partial charge in [0.2, 0.25) is 0 Å². The maximum absolute atomic E-state index is 13.6. The zero-order chi connectivity index (χ0) is 13.8. The van der Waals surface area contributed by atoms with E-state index in [1.165, 1.54) is 12.1 Å². The summed E-state index contributed by atoms with van der Waals surface area (Å²) in [7, 11) is 0. The maximum Gasteiger partial charge on any atom is 0.272 e. The number of imidazole rings is 1. The van der Waals surface area contributed by atoms with Gasteiger partial charge in [-0.3, -0.25) is 10.1 Å². The Morgan fingerprint density at radius 2 is 2.32 bits per heavy atom. The van der Waals surface area contributed by atoms with E-state index in [9.17, 15) is 14.5 Å². The normalized spacial score (nSPS) is 10.4. The quantitative estimate of drug-likeness (QED) is 0.665. The number of hydrogen-bond acceptors (Lipinski definition) is 4. The molecule has 0 aliphatic heterocycles. The summed E-state index contributed by atoms with van der Waals surface area (Å²) < 4.78 is 15.6. The van der Waals surface area contributed by atoms with Crippen LogP contribution < -0.4 is 5.32 Å². The van der Waals surface area contributed by atoms with Gasteiger partial charge in [-0.2, -0.15) is 0 Å². The van der Waals surface area contributed by atoms with Crippen LogP contribution in [0.4, 0.5) is 15.8 Å². The third-order valence-corrected chi connectivity index (χ3v) is 2.74. The van der Waals surface area contributed by atoms with Crippen molar-refractivity contribution in [3.05, 3.63) is 52.3 Å². The number of rotatable bonds is 5. The molecule has 1 heterocycles. The lowest BCUT2D eigenvalue weighted by molar-refractivity contribution is -0.385. The van der Waals surface area contributed by atoms with Crippen LogP contribution in [-0.4, -0.2) is 14.5 Å². The average molecular weight is 264 g/mol. The van der Waals surface area contributed by atoms with Crippen molar-refractivity contribution in [1.82, 2.24) is 9.55 Å². The molecule has 0 fully saturated rings. The fraction of sp³-hybridized carbons (Fsp3) is 0.250. The number of nitrogens with one attached hydrogen (secondary N) is 1. The molecule has 0 saturated heterocycles. The Kier molecular flexibility index (Phi) is 3.74. The molecule has 0 atom stereocenters. The van der Waals surface area contributed by atoms with E-state index in [1.54, 1.807) is 6.20 Å². The Hall–Kier alpha value is -2.44. The van der Waals surface area contributed by atoms with Gasteiger partial charge in [0.25, 0.3) is 5.69 Å². The summed E-state index contributed by atoms with van der Waals surface area (Å²) in [5.74, 6) is 0.129. The second-order valence-electron chi connectivity index (χ2n) is 3.90. The number of nitro benzene ring substituents is 1. The van der Waals surface area contributed by atoms with E-state index in [1.807, 2.05) is 17.7 Å².